The van der Waals surface area contributed by atoms with Crippen LogP contribution in [0.3, 0.4) is 0 Å². The number of aromatic nitrogens is 2. The Morgan fingerprint density at radius 2 is 1.95 bits per heavy atom. The Kier molecular flexibility index (Phi) is 3.73. The van der Waals surface area contributed by atoms with Crippen molar-refractivity contribution in [2.75, 3.05) is 0 Å². The lowest BCUT2D eigenvalue weighted by Gasteiger charge is -2.11. The summed E-state index contributed by atoms with van der Waals surface area (Å²) in [4.78, 5) is 4.66. The zero-order valence-corrected chi connectivity index (χ0v) is 14.2. The van der Waals surface area contributed by atoms with Crippen molar-refractivity contribution in [3.63, 3.8) is 0 Å². The summed E-state index contributed by atoms with van der Waals surface area (Å²) in [6.07, 6.45) is 0. The van der Waals surface area contributed by atoms with Gasteiger partial charge in [0.1, 0.15) is 5.82 Å². The first-order valence-corrected chi connectivity index (χ1v) is 8.02. The highest BCUT2D eigenvalue weighted by atomic mass is 127. The molecule has 2 nitrogen and oxygen atoms in total. The van der Waals surface area contributed by atoms with Crippen molar-refractivity contribution < 1.29 is 0 Å². The molecule has 0 aliphatic carbocycles. The van der Waals surface area contributed by atoms with E-state index in [1.807, 2.05) is 0 Å². The monoisotopic (exact) mass is 396 g/mol. The van der Waals surface area contributed by atoms with Crippen LogP contribution in [-0.4, -0.2) is 9.55 Å². The van der Waals surface area contributed by atoms with Crippen LogP contribution in [0.2, 0.25) is 0 Å². The van der Waals surface area contributed by atoms with Gasteiger partial charge in [0.05, 0.1) is 22.6 Å². The van der Waals surface area contributed by atoms with Gasteiger partial charge in [0.15, 0.2) is 0 Å². The summed E-state index contributed by atoms with van der Waals surface area (Å²) in [6.45, 7) is 4.23. The topological polar surface area (TPSA) is 17.8 Å². The van der Waals surface area contributed by atoms with Crippen LogP contribution in [0, 0.1) is 17.4 Å². The standard InChI is InChI=1S/C16H14ClIN2/c1-10-3-5-14(11(2)7-10)20-15-6-4-12(18)8-13(15)19-16(20)9-17/h3-8H,9H2,1-2H3. The van der Waals surface area contributed by atoms with Crippen LogP contribution in [-0.2, 0) is 5.88 Å². The number of hydrogen-bond donors (Lipinski definition) is 0. The Labute approximate surface area is 136 Å². The first-order chi connectivity index (χ1) is 9.60. The lowest BCUT2D eigenvalue weighted by molar-refractivity contribution is 0.971. The van der Waals surface area contributed by atoms with Gasteiger partial charge in [-0.3, -0.25) is 4.57 Å². The minimum absolute atomic E-state index is 0.401. The molecular weight excluding hydrogens is 383 g/mol. The van der Waals surface area contributed by atoms with Crippen LogP contribution in [0.5, 0.6) is 0 Å². The average molecular weight is 397 g/mol. The molecule has 0 radical (unpaired) electrons. The molecule has 0 bridgehead atoms. The van der Waals surface area contributed by atoms with Gasteiger partial charge in [0, 0.05) is 3.57 Å². The van der Waals surface area contributed by atoms with Gasteiger partial charge in [-0.25, -0.2) is 4.98 Å². The first-order valence-electron chi connectivity index (χ1n) is 6.40. The summed E-state index contributed by atoms with van der Waals surface area (Å²) in [5.74, 6) is 1.29. The third-order valence-corrected chi connectivity index (χ3v) is 4.31. The molecule has 0 aliphatic heterocycles. The highest BCUT2D eigenvalue weighted by Gasteiger charge is 2.13. The molecule has 0 fully saturated rings. The zero-order chi connectivity index (χ0) is 14.3. The van der Waals surface area contributed by atoms with Crippen molar-refractivity contribution in [2.24, 2.45) is 0 Å². The first kappa shape index (κ1) is 13.9. The van der Waals surface area contributed by atoms with Crippen molar-refractivity contribution in [3.8, 4) is 5.69 Å². The Bertz CT molecular complexity index is 793. The second-order valence-electron chi connectivity index (χ2n) is 4.92. The number of fused-ring (bicyclic) bond motifs is 1. The molecule has 0 saturated heterocycles. The summed E-state index contributed by atoms with van der Waals surface area (Å²) >= 11 is 8.40. The van der Waals surface area contributed by atoms with Crippen molar-refractivity contribution in [2.45, 2.75) is 19.7 Å². The van der Waals surface area contributed by atoms with Crippen LogP contribution < -0.4 is 0 Å². The number of alkyl halides is 1. The number of halogens is 2. The Balaban J connectivity index is 2.34. The van der Waals surface area contributed by atoms with Gasteiger partial charge in [-0.1, -0.05) is 17.7 Å². The number of rotatable bonds is 2. The molecule has 1 heterocycles. The van der Waals surface area contributed by atoms with E-state index in [0.29, 0.717) is 5.88 Å². The smallest absolute Gasteiger partial charge is 0.129 e. The van der Waals surface area contributed by atoms with E-state index in [9.17, 15) is 0 Å². The number of benzene rings is 2. The molecule has 0 N–H and O–H groups in total. The van der Waals surface area contributed by atoms with Gasteiger partial charge in [0.25, 0.3) is 0 Å². The Morgan fingerprint density at radius 1 is 1.15 bits per heavy atom. The van der Waals surface area contributed by atoms with Gasteiger partial charge in [-0.15, -0.1) is 11.6 Å². The Hall–Kier alpha value is -1.07. The van der Waals surface area contributed by atoms with Crippen LogP contribution in [0.4, 0.5) is 0 Å². The molecular formula is C16H14ClIN2. The van der Waals surface area contributed by atoms with E-state index in [1.54, 1.807) is 0 Å². The number of nitrogens with zero attached hydrogens (tertiary/aromatic N) is 2. The minimum atomic E-state index is 0.401. The predicted molar refractivity (Wildman–Crippen MR) is 92.8 cm³/mol. The molecule has 0 unspecified atom stereocenters. The zero-order valence-electron chi connectivity index (χ0n) is 11.3. The SMILES string of the molecule is Cc1ccc(-n2c(CCl)nc3cc(I)ccc32)c(C)c1. The molecule has 0 aliphatic rings. The summed E-state index contributed by atoms with van der Waals surface area (Å²) in [5.41, 5.74) is 5.74. The van der Waals surface area contributed by atoms with Gasteiger partial charge >= 0.3 is 0 Å². The maximum absolute atomic E-state index is 6.09. The fraction of sp³-hybridized carbons (Fsp3) is 0.188. The summed E-state index contributed by atoms with van der Waals surface area (Å²) < 4.78 is 3.34. The predicted octanol–water partition coefficient (Wildman–Crippen LogP) is 4.99. The highest BCUT2D eigenvalue weighted by Crippen LogP contribution is 2.26. The lowest BCUT2D eigenvalue weighted by Crippen LogP contribution is -2.01. The molecule has 0 atom stereocenters. The quantitative estimate of drug-likeness (QED) is 0.441. The highest BCUT2D eigenvalue weighted by molar-refractivity contribution is 14.1. The molecule has 3 aromatic rings. The van der Waals surface area contributed by atoms with E-state index in [1.165, 1.54) is 14.7 Å². The molecule has 2 aromatic carbocycles. The molecule has 0 amide bonds. The largest absolute Gasteiger partial charge is 0.295 e. The third-order valence-electron chi connectivity index (χ3n) is 3.40. The normalized spacial score (nSPS) is 11.2. The molecule has 4 heteroatoms. The van der Waals surface area contributed by atoms with Gasteiger partial charge in [-0.2, -0.15) is 0 Å². The maximum Gasteiger partial charge on any atom is 0.129 e. The van der Waals surface area contributed by atoms with Crippen LogP contribution >= 0.6 is 34.2 Å². The van der Waals surface area contributed by atoms with E-state index >= 15 is 0 Å². The van der Waals surface area contributed by atoms with Crippen molar-refractivity contribution in [1.82, 2.24) is 9.55 Å². The lowest BCUT2D eigenvalue weighted by atomic mass is 10.1. The van der Waals surface area contributed by atoms with Crippen molar-refractivity contribution >= 4 is 45.2 Å². The second-order valence-corrected chi connectivity index (χ2v) is 6.43. The molecule has 20 heavy (non-hydrogen) atoms. The number of hydrogen-bond acceptors (Lipinski definition) is 1. The van der Waals surface area contributed by atoms with Crippen molar-refractivity contribution in [1.29, 1.82) is 0 Å². The summed E-state index contributed by atoms with van der Waals surface area (Å²) in [7, 11) is 0. The van der Waals surface area contributed by atoms with Crippen LogP contribution in [0.1, 0.15) is 17.0 Å². The van der Waals surface area contributed by atoms with Gasteiger partial charge in [-0.05, 0) is 66.3 Å². The minimum Gasteiger partial charge on any atom is -0.295 e. The summed E-state index contributed by atoms with van der Waals surface area (Å²) in [5, 5.41) is 0. The average Bonchev–Trinajstić information content (AvgIpc) is 2.76. The molecule has 1 aromatic heterocycles. The van der Waals surface area contributed by atoms with E-state index in [-0.39, 0.29) is 0 Å². The number of aryl methyl sites for hydroxylation is 2. The van der Waals surface area contributed by atoms with E-state index in [2.05, 4.69) is 82.4 Å². The van der Waals surface area contributed by atoms with Crippen molar-refractivity contribution in [3.05, 3.63) is 56.9 Å². The van der Waals surface area contributed by atoms with Gasteiger partial charge < -0.3 is 0 Å². The van der Waals surface area contributed by atoms with Crippen LogP contribution in [0.15, 0.2) is 36.4 Å². The molecule has 0 saturated carbocycles. The fourth-order valence-electron chi connectivity index (χ4n) is 2.52. The van der Waals surface area contributed by atoms with Gasteiger partial charge in [0.2, 0.25) is 0 Å². The fourth-order valence-corrected chi connectivity index (χ4v) is 3.17. The molecule has 102 valence electrons. The van der Waals surface area contributed by atoms with E-state index < -0.39 is 0 Å². The third kappa shape index (κ3) is 2.33. The summed E-state index contributed by atoms with van der Waals surface area (Å²) in [6, 6.07) is 12.7. The second kappa shape index (κ2) is 5.37. The molecule has 0 spiro atoms. The molecule has 3 rings (SSSR count). The van der Waals surface area contributed by atoms with E-state index in [4.69, 9.17) is 11.6 Å². The van der Waals surface area contributed by atoms with Crippen LogP contribution in [0.25, 0.3) is 16.7 Å². The Morgan fingerprint density at radius 3 is 2.65 bits per heavy atom. The van der Waals surface area contributed by atoms with E-state index in [0.717, 1.165) is 22.5 Å². The maximum atomic E-state index is 6.09. The number of imidazole rings is 1.